The molecule has 3 atom stereocenters. The van der Waals surface area contributed by atoms with Crippen LogP contribution in [0.3, 0.4) is 0 Å². The van der Waals surface area contributed by atoms with E-state index in [0.717, 1.165) is 16.3 Å². The second kappa shape index (κ2) is 15.7. The normalized spacial score (nSPS) is 17.1. The number of hydrogen-bond acceptors (Lipinski definition) is 5. The van der Waals surface area contributed by atoms with E-state index < -0.39 is 12.1 Å². The molecular weight excluding hydrogens is 578 g/mol. The molecule has 0 aromatic heterocycles. The molecule has 238 valence electrons. The van der Waals surface area contributed by atoms with Crippen LogP contribution in [0.4, 0.5) is 0 Å². The summed E-state index contributed by atoms with van der Waals surface area (Å²) in [6.07, 6.45) is 1.72. The van der Waals surface area contributed by atoms with Gasteiger partial charge in [-0.15, -0.1) is 0 Å². The van der Waals surface area contributed by atoms with E-state index in [-0.39, 0.29) is 29.7 Å². The van der Waals surface area contributed by atoms with Crippen molar-refractivity contribution in [1.29, 1.82) is 0 Å². The maximum absolute atomic E-state index is 14.0. The molecule has 0 saturated carbocycles. The minimum absolute atomic E-state index is 0.0101. The quantitative estimate of drug-likeness (QED) is 0.0931. The zero-order chi connectivity index (χ0) is 32.3. The Morgan fingerprint density at radius 1 is 0.870 bits per heavy atom. The number of nitrogens with one attached hydrogen (secondary N) is 3. The number of fused-ring (bicyclic) bond motifs is 1. The highest BCUT2D eigenvalue weighted by molar-refractivity contribution is 5.98. The van der Waals surface area contributed by atoms with Crippen LogP contribution in [0.1, 0.15) is 51.6 Å². The standard InChI is InChI=1S/C36H41N7O3/c37-36(38)39-20-9-16-31-35(46)43(24-32(26-11-3-1-4-12-26)42-34(45)27-13-5-2-6-14-27)21-19-30(41-31)23-40-33(44)29-18-17-25-10-7-8-15-28(25)22-29/h1-8,10-15,17-18,22,30-32,41H,9,16,19-21,23-24H2,(H,40,44)(H,42,45)(H4,37,38,39)/t30-,31-,32+/m0/s1. The Kier molecular flexibility index (Phi) is 11.0. The van der Waals surface area contributed by atoms with Gasteiger partial charge < -0.3 is 32.3 Å². The van der Waals surface area contributed by atoms with Crippen molar-refractivity contribution in [3.8, 4) is 0 Å². The molecule has 0 bridgehead atoms. The van der Waals surface area contributed by atoms with E-state index in [9.17, 15) is 14.4 Å². The summed E-state index contributed by atoms with van der Waals surface area (Å²) in [5.74, 6) is -0.436. The van der Waals surface area contributed by atoms with Gasteiger partial charge >= 0.3 is 0 Å². The van der Waals surface area contributed by atoms with Crippen LogP contribution in [0.15, 0.2) is 108 Å². The summed E-state index contributed by atoms with van der Waals surface area (Å²) in [7, 11) is 0. The predicted molar refractivity (Wildman–Crippen MR) is 181 cm³/mol. The Hall–Kier alpha value is -5.22. The summed E-state index contributed by atoms with van der Waals surface area (Å²) in [5.41, 5.74) is 13.1. The Labute approximate surface area is 269 Å². The third-order valence-corrected chi connectivity index (χ3v) is 8.21. The summed E-state index contributed by atoms with van der Waals surface area (Å²) >= 11 is 0. The first-order chi connectivity index (χ1) is 22.4. The highest BCUT2D eigenvalue weighted by Gasteiger charge is 2.32. The molecule has 1 saturated heterocycles. The van der Waals surface area contributed by atoms with Crippen molar-refractivity contribution < 1.29 is 14.4 Å². The second-order valence-electron chi connectivity index (χ2n) is 11.5. The van der Waals surface area contributed by atoms with E-state index in [2.05, 4.69) is 20.9 Å². The average Bonchev–Trinajstić information content (AvgIpc) is 3.23. The monoisotopic (exact) mass is 619 g/mol. The van der Waals surface area contributed by atoms with E-state index in [1.54, 1.807) is 12.1 Å². The molecule has 0 unspecified atom stereocenters. The minimum Gasteiger partial charge on any atom is -0.370 e. The largest absolute Gasteiger partial charge is 0.370 e. The van der Waals surface area contributed by atoms with E-state index in [4.69, 9.17) is 11.5 Å². The summed E-state index contributed by atoms with van der Waals surface area (Å²) in [6.45, 7) is 1.50. The number of benzene rings is 4. The summed E-state index contributed by atoms with van der Waals surface area (Å²) < 4.78 is 0. The second-order valence-corrected chi connectivity index (χ2v) is 11.5. The van der Waals surface area contributed by atoms with E-state index in [1.165, 1.54) is 0 Å². The van der Waals surface area contributed by atoms with Crippen molar-refractivity contribution in [2.24, 2.45) is 16.5 Å². The number of aliphatic imine (C=N–C) groups is 1. The molecule has 1 aliphatic heterocycles. The predicted octanol–water partition coefficient (Wildman–Crippen LogP) is 3.35. The van der Waals surface area contributed by atoms with Gasteiger partial charge in [0.2, 0.25) is 5.91 Å². The maximum Gasteiger partial charge on any atom is 0.251 e. The van der Waals surface area contributed by atoms with Gasteiger partial charge in [0.25, 0.3) is 11.8 Å². The van der Waals surface area contributed by atoms with Crippen molar-refractivity contribution in [2.75, 3.05) is 26.2 Å². The highest BCUT2D eigenvalue weighted by Crippen LogP contribution is 2.20. The van der Waals surface area contributed by atoms with Gasteiger partial charge in [-0.1, -0.05) is 78.9 Å². The molecule has 0 spiro atoms. The average molecular weight is 620 g/mol. The number of guanidine groups is 1. The Balaban J connectivity index is 1.30. The van der Waals surface area contributed by atoms with Crippen molar-refractivity contribution in [3.05, 3.63) is 120 Å². The topological polar surface area (TPSA) is 155 Å². The molecule has 0 aliphatic carbocycles. The molecule has 10 heteroatoms. The molecule has 7 N–H and O–H groups in total. The molecule has 4 aromatic rings. The Morgan fingerprint density at radius 2 is 1.57 bits per heavy atom. The van der Waals surface area contributed by atoms with Crippen LogP contribution in [0.5, 0.6) is 0 Å². The van der Waals surface area contributed by atoms with Crippen LogP contribution in [-0.2, 0) is 4.79 Å². The van der Waals surface area contributed by atoms with Gasteiger partial charge in [-0.3, -0.25) is 19.4 Å². The fraction of sp³-hybridized carbons (Fsp3) is 0.278. The van der Waals surface area contributed by atoms with Crippen molar-refractivity contribution in [2.45, 2.75) is 37.4 Å². The fourth-order valence-corrected chi connectivity index (χ4v) is 5.75. The number of carbonyl (C=O) groups excluding carboxylic acids is 3. The number of nitrogens with zero attached hydrogens (tertiary/aromatic N) is 2. The van der Waals surface area contributed by atoms with Crippen molar-refractivity contribution in [3.63, 3.8) is 0 Å². The SMILES string of the molecule is NC(N)=NCCC[C@@H]1N[C@H](CNC(=O)c2ccc3ccccc3c2)CCN(C[C@@H](NC(=O)c2ccccc2)c2ccccc2)C1=O. The summed E-state index contributed by atoms with van der Waals surface area (Å²) in [6, 6.07) is 31.2. The van der Waals surface area contributed by atoms with Crippen LogP contribution in [0.2, 0.25) is 0 Å². The molecule has 46 heavy (non-hydrogen) atoms. The molecule has 10 nitrogen and oxygen atoms in total. The molecule has 4 aromatic carbocycles. The van der Waals surface area contributed by atoms with Crippen LogP contribution in [0.25, 0.3) is 10.8 Å². The van der Waals surface area contributed by atoms with E-state index >= 15 is 0 Å². The lowest BCUT2D eigenvalue weighted by Gasteiger charge is -2.29. The van der Waals surface area contributed by atoms with Gasteiger partial charge in [0.1, 0.15) is 0 Å². The van der Waals surface area contributed by atoms with Crippen molar-refractivity contribution >= 4 is 34.5 Å². The van der Waals surface area contributed by atoms with Crippen molar-refractivity contribution in [1.82, 2.24) is 20.9 Å². The lowest BCUT2D eigenvalue weighted by Crippen LogP contribution is -2.50. The van der Waals surface area contributed by atoms with Gasteiger partial charge in [0, 0.05) is 43.3 Å². The van der Waals surface area contributed by atoms with E-state index in [0.29, 0.717) is 56.6 Å². The zero-order valence-electron chi connectivity index (χ0n) is 25.8. The first-order valence-corrected chi connectivity index (χ1v) is 15.7. The summed E-state index contributed by atoms with van der Waals surface area (Å²) in [4.78, 5) is 46.2. The Bertz CT molecular complexity index is 1660. The highest BCUT2D eigenvalue weighted by atomic mass is 16.2. The molecule has 3 amide bonds. The smallest absolute Gasteiger partial charge is 0.251 e. The molecule has 5 rings (SSSR count). The fourth-order valence-electron chi connectivity index (χ4n) is 5.75. The number of hydrogen-bond donors (Lipinski definition) is 5. The number of amides is 3. The van der Waals surface area contributed by atoms with Crippen LogP contribution in [-0.4, -0.2) is 66.8 Å². The third kappa shape index (κ3) is 8.70. The van der Waals surface area contributed by atoms with Gasteiger partial charge in [0.15, 0.2) is 5.96 Å². The maximum atomic E-state index is 14.0. The molecule has 0 radical (unpaired) electrons. The van der Waals surface area contributed by atoms with Crippen LogP contribution in [0, 0.1) is 0 Å². The molecular formula is C36H41N7O3. The van der Waals surface area contributed by atoms with Gasteiger partial charge in [-0.2, -0.15) is 0 Å². The van der Waals surface area contributed by atoms with Gasteiger partial charge in [0.05, 0.1) is 12.1 Å². The number of carbonyl (C=O) groups is 3. The number of nitrogens with two attached hydrogens (primary N) is 2. The zero-order valence-corrected chi connectivity index (χ0v) is 25.8. The minimum atomic E-state index is -0.513. The van der Waals surface area contributed by atoms with Gasteiger partial charge in [-0.25, -0.2) is 0 Å². The van der Waals surface area contributed by atoms with Crippen LogP contribution >= 0.6 is 0 Å². The number of rotatable bonds is 12. The molecule has 1 heterocycles. The lowest BCUT2D eigenvalue weighted by atomic mass is 10.0. The molecule has 1 fully saturated rings. The first-order valence-electron chi connectivity index (χ1n) is 15.7. The summed E-state index contributed by atoms with van der Waals surface area (Å²) in [5, 5.41) is 11.8. The Morgan fingerprint density at radius 3 is 2.30 bits per heavy atom. The van der Waals surface area contributed by atoms with Gasteiger partial charge in [-0.05, 0) is 59.9 Å². The molecule has 1 aliphatic rings. The van der Waals surface area contributed by atoms with Crippen LogP contribution < -0.4 is 27.4 Å². The first kappa shape index (κ1) is 32.2. The third-order valence-electron chi connectivity index (χ3n) is 8.21. The lowest BCUT2D eigenvalue weighted by molar-refractivity contribution is -0.133. The van der Waals surface area contributed by atoms with E-state index in [1.807, 2.05) is 95.9 Å².